The Hall–Kier alpha value is -2.89. The van der Waals surface area contributed by atoms with E-state index in [1.54, 1.807) is 35.0 Å². The number of nitro groups is 1. The van der Waals surface area contributed by atoms with Gasteiger partial charge in [-0.2, -0.15) is 0 Å². The highest BCUT2D eigenvalue weighted by atomic mass is 16.6. The average Bonchev–Trinajstić information content (AvgIpc) is 3.07. The van der Waals surface area contributed by atoms with Gasteiger partial charge in [-0.3, -0.25) is 14.9 Å². The molecular weight excluding hydrogens is 260 g/mol. The number of furan rings is 1. The number of fused-ring (bicyclic) bond motifs is 1. The molecule has 0 atom stereocenters. The number of nitrogens with zero attached hydrogens (tertiary/aromatic N) is 2. The molecular formula is C14H10N2O4. The Kier molecular flexibility index (Phi) is 2.83. The molecule has 3 aromatic rings. The van der Waals surface area contributed by atoms with Crippen LogP contribution >= 0.6 is 0 Å². The predicted molar refractivity (Wildman–Crippen MR) is 71.6 cm³/mol. The third-order valence-electron chi connectivity index (χ3n) is 3.08. The second kappa shape index (κ2) is 4.65. The van der Waals surface area contributed by atoms with Crippen LogP contribution < -0.4 is 0 Å². The molecule has 0 N–H and O–H groups in total. The number of nitro benzene ring substituents is 1. The van der Waals surface area contributed by atoms with Crippen molar-refractivity contribution >= 4 is 22.4 Å². The highest BCUT2D eigenvalue weighted by molar-refractivity contribution is 5.94. The second-order valence-electron chi connectivity index (χ2n) is 4.34. The summed E-state index contributed by atoms with van der Waals surface area (Å²) in [6, 6.07) is 9.57. The van der Waals surface area contributed by atoms with Crippen molar-refractivity contribution in [3.05, 3.63) is 64.7 Å². The largest absolute Gasteiger partial charge is 0.461 e. The highest BCUT2D eigenvalue weighted by Crippen LogP contribution is 2.22. The van der Waals surface area contributed by atoms with E-state index in [1.807, 2.05) is 0 Å². The molecule has 20 heavy (non-hydrogen) atoms. The standard InChI is InChI=1S/C14H10N2O4/c17-13(14-2-1-7-20-14)9-15-6-5-10-8-11(16(18)19)3-4-12(10)15/h1-8H,9H2. The predicted octanol–water partition coefficient (Wildman–Crippen LogP) is 3.03. The fraction of sp³-hybridized carbons (Fsp3) is 0.0714. The van der Waals surface area contributed by atoms with Crippen molar-refractivity contribution in [2.45, 2.75) is 6.54 Å². The molecule has 0 aliphatic heterocycles. The normalized spacial score (nSPS) is 10.8. The van der Waals surface area contributed by atoms with Crippen molar-refractivity contribution < 1.29 is 14.1 Å². The number of hydrogen-bond acceptors (Lipinski definition) is 4. The molecule has 0 spiro atoms. The molecule has 2 aromatic heterocycles. The molecule has 0 radical (unpaired) electrons. The van der Waals surface area contributed by atoms with Crippen LogP contribution in [0.3, 0.4) is 0 Å². The SMILES string of the molecule is O=C(Cn1ccc2cc([N+](=O)[O-])ccc21)c1ccco1. The van der Waals surface area contributed by atoms with Crippen molar-refractivity contribution in [2.24, 2.45) is 0 Å². The van der Waals surface area contributed by atoms with Crippen LogP contribution in [0.4, 0.5) is 5.69 Å². The molecule has 6 heteroatoms. The average molecular weight is 270 g/mol. The monoisotopic (exact) mass is 270 g/mol. The van der Waals surface area contributed by atoms with Crippen LogP contribution in [0.25, 0.3) is 10.9 Å². The Balaban J connectivity index is 1.93. The maximum atomic E-state index is 12.0. The summed E-state index contributed by atoms with van der Waals surface area (Å²) in [5, 5.41) is 11.4. The van der Waals surface area contributed by atoms with Crippen LogP contribution in [-0.4, -0.2) is 15.3 Å². The van der Waals surface area contributed by atoms with Crippen LogP contribution in [0, 0.1) is 10.1 Å². The minimum Gasteiger partial charge on any atom is -0.461 e. The molecule has 0 saturated heterocycles. The molecule has 0 aliphatic rings. The van der Waals surface area contributed by atoms with Gasteiger partial charge in [0.2, 0.25) is 5.78 Å². The number of benzene rings is 1. The number of hydrogen-bond donors (Lipinski definition) is 0. The van der Waals surface area contributed by atoms with Crippen LogP contribution in [0.5, 0.6) is 0 Å². The van der Waals surface area contributed by atoms with Crippen molar-refractivity contribution in [2.75, 3.05) is 0 Å². The number of non-ortho nitro benzene ring substituents is 1. The molecule has 6 nitrogen and oxygen atoms in total. The zero-order chi connectivity index (χ0) is 14.1. The van der Waals surface area contributed by atoms with E-state index in [-0.39, 0.29) is 18.0 Å². The van der Waals surface area contributed by atoms with E-state index in [0.29, 0.717) is 5.76 Å². The summed E-state index contributed by atoms with van der Waals surface area (Å²) in [5.74, 6) is 0.152. The van der Waals surface area contributed by atoms with Crippen molar-refractivity contribution in [3.63, 3.8) is 0 Å². The summed E-state index contributed by atoms with van der Waals surface area (Å²) in [4.78, 5) is 22.2. The molecule has 0 saturated carbocycles. The molecule has 0 bridgehead atoms. The Bertz CT molecular complexity index is 787. The van der Waals surface area contributed by atoms with E-state index in [9.17, 15) is 14.9 Å². The first kappa shape index (κ1) is 12.2. The Labute approximate surface area is 113 Å². The summed E-state index contributed by atoms with van der Waals surface area (Å²) < 4.78 is 6.79. The van der Waals surface area contributed by atoms with Gasteiger partial charge in [-0.1, -0.05) is 0 Å². The lowest BCUT2D eigenvalue weighted by atomic mass is 10.2. The summed E-state index contributed by atoms with van der Waals surface area (Å²) >= 11 is 0. The van der Waals surface area contributed by atoms with Crippen LogP contribution in [-0.2, 0) is 6.54 Å². The molecule has 0 aliphatic carbocycles. The van der Waals surface area contributed by atoms with Gasteiger partial charge in [-0.05, 0) is 24.3 Å². The number of aromatic nitrogens is 1. The van der Waals surface area contributed by atoms with Gasteiger partial charge in [-0.15, -0.1) is 0 Å². The summed E-state index contributed by atoms with van der Waals surface area (Å²) in [6.07, 6.45) is 3.18. The van der Waals surface area contributed by atoms with E-state index in [1.165, 1.54) is 18.4 Å². The molecule has 3 rings (SSSR count). The van der Waals surface area contributed by atoms with E-state index in [0.717, 1.165) is 10.9 Å². The van der Waals surface area contributed by atoms with Gasteiger partial charge in [-0.25, -0.2) is 0 Å². The van der Waals surface area contributed by atoms with Crippen LogP contribution in [0.1, 0.15) is 10.6 Å². The lowest BCUT2D eigenvalue weighted by Gasteiger charge is -2.03. The van der Waals surface area contributed by atoms with Crippen molar-refractivity contribution in [1.82, 2.24) is 4.57 Å². The second-order valence-corrected chi connectivity index (χ2v) is 4.34. The number of Topliss-reactive ketones (excluding diaryl/α,β-unsaturated/α-hetero) is 1. The first-order chi connectivity index (χ1) is 9.65. The molecule has 0 fully saturated rings. The Morgan fingerprint density at radius 3 is 2.85 bits per heavy atom. The van der Waals surface area contributed by atoms with Crippen LogP contribution in [0.15, 0.2) is 53.3 Å². The van der Waals surface area contributed by atoms with E-state index >= 15 is 0 Å². The van der Waals surface area contributed by atoms with Gasteiger partial charge in [0.15, 0.2) is 5.76 Å². The Morgan fingerprint density at radius 2 is 2.15 bits per heavy atom. The van der Waals surface area contributed by atoms with Gasteiger partial charge in [0.05, 0.1) is 17.7 Å². The van der Waals surface area contributed by atoms with Gasteiger partial charge in [0.1, 0.15) is 0 Å². The topological polar surface area (TPSA) is 78.3 Å². The van der Waals surface area contributed by atoms with E-state index < -0.39 is 4.92 Å². The minimum atomic E-state index is -0.440. The molecule has 2 heterocycles. The molecule has 1 aromatic carbocycles. The van der Waals surface area contributed by atoms with Crippen molar-refractivity contribution in [1.29, 1.82) is 0 Å². The third-order valence-corrected chi connectivity index (χ3v) is 3.08. The van der Waals surface area contributed by atoms with Gasteiger partial charge in [0.25, 0.3) is 5.69 Å². The first-order valence-electron chi connectivity index (χ1n) is 5.95. The lowest BCUT2D eigenvalue weighted by Crippen LogP contribution is -2.08. The van der Waals surface area contributed by atoms with Gasteiger partial charge >= 0.3 is 0 Å². The summed E-state index contributed by atoms with van der Waals surface area (Å²) in [5.41, 5.74) is 0.808. The number of carbonyl (C=O) groups is 1. The third kappa shape index (κ3) is 2.07. The number of carbonyl (C=O) groups excluding carboxylic acids is 1. The molecule has 0 unspecified atom stereocenters. The smallest absolute Gasteiger partial charge is 0.270 e. The van der Waals surface area contributed by atoms with Gasteiger partial charge in [0, 0.05) is 29.2 Å². The Morgan fingerprint density at radius 1 is 1.30 bits per heavy atom. The van der Waals surface area contributed by atoms with E-state index in [2.05, 4.69) is 0 Å². The first-order valence-corrected chi connectivity index (χ1v) is 5.95. The fourth-order valence-corrected chi connectivity index (χ4v) is 2.11. The lowest BCUT2D eigenvalue weighted by molar-refractivity contribution is -0.384. The number of ketones is 1. The molecule has 0 amide bonds. The van der Waals surface area contributed by atoms with Gasteiger partial charge < -0.3 is 8.98 Å². The number of rotatable bonds is 4. The summed E-state index contributed by atoms with van der Waals surface area (Å²) in [7, 11) is 0. The van der Waals surface area contributed by atoms with Crippen molar-refractivity contribution in [3.8, 4) is 0 Å². The summed E-state index contributed by atoms with van der Waals surface area (Å²) in [6.45, 7) is 0.134. The van der Waals surface area contributed by atoms with E-state index in [4.69, 9.17) is 4.42 Å². The van der Waals surface area contributed by atoms with Crippen LogP contribution in [0.2, 0.25) is 0 Å². The maximum Gasteiger partial charge on any atom is 0.270 e. The molecule has 100 valence electrons. The highest BCUT2D eigenvalue weighted by Gasteiger charge is 2.13. The minimum absolute atomic E-state index is 0.0348. The quantitative estimate of drug-likeness (QED) is 0.414. The fourth-order valence-electron chi connectivity index (χ4n) is 2.11. The maximum absolute atomic E-state index is 12.0. The zero-order valence-electron chi connectivity index (χ0n) is 10.4. The zero-order valence-corrected chi connectivity index (χ0v) is 10.4.